The van der Waals surface area contributed by atoms with Gasteiger partial charge >= 0.3 is 0 Å². The smallest absolute Gasteiger partial charge is 0.275 e. The fourth-order valence-corrected chi connectivity index (χ4v) is 2.23. The zero-order chi connectivity index (χ0) is 17.9. The van der Waals surface area contributed by atoms with Gasteiger partial charge in [-0.3, -0.25) is 9.59 Å². The Morgan fingerprint density at radius 1 is 1.12 bits per heavy atom. The standard InChI is InChI=1S/C17H27N3O4/c1-5-8-18-16(21)10-19-17(22)12-20(2)11-13-6-7-14(23-3)9-15(13)24-4/h6-7,9H,5,8,10-12H2,1-4H3,(H,18,21)(H,19,22)/p+1. The normalized spacial score (nSPS) is 11.5. The van der Waals surface area contributed by atoms with E-state index in [2.05, 4.69) is 10.6 Å². The van der Waals surface area contributed by atoms with Gasteiger partial charge in [-0.25, -0.2) is 0 Å². The van der Waals surface area contributed by atoms with Crippen molar-refractivity contribution in [2.75, 3.05) is 40.9 Å². The van der Waals surface area contributed by atoms with Crippen molar-refractivity contribution in [2.24, 2.45) is 0 Å². The van der Waals surface area contributed by atoms with E-state index in [4.69, 9.17) is 9.47 Å². The molecule has 0 spiro atoms. The Kier molecular flexibility index (Phi) is 8.64. The summed E-state index contributed by atoms with van der Waals surface area (Å²) in [6.07, 6.45) is 0.871. The highest BCUT2D eigenvalue weighted by molar-refractivity contribution is 5.84. The third-order valence-corrected chi connectivity index (χ3v) is 3.47. The number of hydrogen-bond donors (Lipinski definition) is 3. The van der Waals surface area contributed by atoms with E-state index in [1.807, 2.05) is 32.2 Å². The van der Waals surface area contributed by atoms with E-state index in [1.54, 1.807) is 14.2 Å². The molecular formula is C17H28N3O4+. The van der Waals surface area contributed by atoms with Gasteiger partial charge in [0.15, 0.2) is 6.54 Å². The topological polar surface area (TPSA) is 81.1 Å². The average molecular weight is 338 g/mol. The van der Waals surface area contributed by atoms with Crippen molar-refractivity contribution in [3.63, 3.8) is 0 Å². The van der Waals surface area contributed by atoms with E-state index < -0.39 is 0 Å². The van der Waals surface area contributed by atoms with Crippen molar-refractivity contribution in [1.29, 1.82) is 0 Å². The molecule has 0 aliphatic carbocycles. The van der Waals surface area contributed by atoms with Crippen LogP contribution in [0.5, 0.6) is 11.5 Å². The van der Waals surface area contributed by atoms with Gasteiger partial charge in [-0.15, -0.1) is 0 Å². The van der Waals surface area contributed by atoms with Crippen molar-refractivity contribution in [1.82, 2.24) is 10.6 Å². The molecule has 24 heavy (non-hydrogen) atoms. The Balaban J connectivity index is 2.46. The summed E-state index contributed by atoms with van der Waals surface area (Å²) in [5.74, 6) is 1.13. The Labute approximate surface area is 143 Å². The van der Waals surface area contributed by atoms with E-state index in [0.29, 0.717) is 13.1 Å². The molecule has 0 aliphatic heterocycles. The monoisotopic (exact) mass is 338 g/mol. The molecule has 7 nitrogen and oxygen atoms in total. The van der Waals surface area contributed by atoms with Gasteiger partial charge in [0.2, 0.25) is 5.91 Å². The summed E-state index contributed by atoms with van der Waals surface area (Å²) < 4.78 is 10.5. The molecule has 0 aromatic heterocycles. The summed E-state index contributed by atoms with van der Waals surface area (Å²) in [5.41, 5.74) is 0.990. The molecule has 7 heteroatoms. The Bertz CT molecular complexity index is 549. The summed E-state index contributed by atoms with van der Waals surface area (Å²) in [6, 6.07) is 5.61. The zero-order valence-electron chi connectivity index (χ0n) is 14.9. The fourth-order valence-electron chi connectivity index (χ4n) is 2.23. The van der Waals surface area contributed by atoms with Crippen LogP contribution >= 0.6 is 0 Å². The SMILES string of the molecule is CCCNC(=O)CNC(=O)C[NH+](C)Cc1ccc(OC)cc1OC. The highest BCUT2D eigenvalue weighted by Crippen LogP contribution is 2.23. The number of ether oxygens (including phenoxy) is 2. The lowest BCUT2D eigenvalue weighted by Gasteiger charge is -2.16. The van der Waals surface area contributed by atoms with Crippen LogP contribution in [-0.4, -0.2) is 52.7 Å². The van der Waals surface area contributed by atoms with Gasteiger partial charge in [-0.2, -0.15) is 0 Å². The molecule has 1 unspecified atom stereocenters. The maximum Gasteiger partial charge on any atom is 0.275 e. The number of hydrogen-bond acceptors (Lipinski definition) is 4. The van der Waals surface area contributed by atoms with Gasteiger partial charge in [-0.05, 0) is 18.6 Å². The maximum absolute atomic E-state index is 11.9. The fraction of sp³-hybridized carbons (Fsp3) is 0.529. The van der Waals surface area contributed by atoms with Crippen molar-refractivity contribution in [3.8, 4) is 11.5 Å². The van der Waals surface area contributed by atoms with Gasteiger partial charge < -0.3 is 25.0 Å². The molecule has 3 N–H and O–H groups in total. The third kappa shape index (κ3) is 6.87. The number of methoxy groups -OCH3 is 2. The number of likely N-dealkylation sites (N-methyl/N-ethyl adjacent to an activating group) is 1. The Hall–Kier alpha value is -2.28. The second kappa shape index (κ2) is 10.5. The summed E-state index contributed by atoms with van der Waals surface area (Å²) in [6.45, 7) is 3.51. The van der Waals surface area contributed by atoms with Crippen molar-refractivity contribution in [3.05, 3.63) is 23.8 Å². The van der Waals surface area contributed by atoms with Crippen LogP contribution in [0.4, 0.5) is 0 Å². The number of nitrogens with one attached hydrogen (secondary N) is 3. The largest absolute Gasteiger partial charge is 0.497 e. The van der Waals surface area contributed by atoms with Crippen LogP contribution in [0.3, 0.4) is 0 Å². The second-order valence-electron chi connectivity index (χ2n) is 5.62. The van der Waals surface area contributed by atoms with Crippen LogP contribution in [0.25, 0.3) is 0 Å². The first-order valence-corrected chi connectivity index (χ1v) is 8.05. The lowest BCUT2D eigenvalue weighted by Crippen LogP contribution is -3.08. The molecule has 1 aromatic rings. The lowest BCUT2D eigenvalue weighted by atomic mass is 10.2. The Morgan fingerprint density at radius 2 is 1.88 bits per heavy atom. The van der Waals surface area contributed by atoms with Gasteiger partial charge in [0.05, 0.1) is 27.8 Å². The van der Waals surface area contributed by atoms with Gasteiger partial charge in [0.25, 0.3) is 5.91 Å². The average Bonchev–Trinajstić information content (AvgIpc) is 2.58. The number of carbonyl (C=O) groups is 2. The summed E-state index contributed by atoms with van der Waals surface area (Å²) in [7, 11) is 5.13. The van der Waals surface area contributed by atoms with Crippen LogP contribution in [0.2, 0.25) is 0 Å². The molecular weight excluding hydrogens is 310 g/mol. The second-order valence-corrected chi connectivity index (χ2v) is 5.62. The summed E-state index contributed by atoms with van der Waals surface area (Å²) >= 11 is 0. The first kappa shape index (κ1) is 19.8. The molecule has 1 aromatic carbocycles. The Morgan fingerprint density at radius 3 is 2.50 bits per heavy atom. The van der Waals surface area contributed by atoms with Crippen molar-refractivity contribution in [2.45, 2.75) is 19.9 Å². The molecule has 0 radical (unpaired) electrons. The highest BCUT2D eigenvalue weighted by atomic mass is 16.5. The van der Waals surface area contributed by atoms with E-state index in [0.717, 1.165) is 28.4 Å². The molecule has 0 aliphatic rings. The highest BCUT2D eigenvalue weighted by Gasteiger charge is 2.14. The molecule has 0 saturated heterocycles. The molecule has 1 rings (SSSR count). The number of rotatable bonds is 10. The molecule has 1 atom stereocenters. The molecule has 0 bridgehead atoms. The van der Waals surface area contributed by atoms with Crippen LogP contribution in [0.1, 0.15) is 18.9 Å². The van der Waals surface area contributed by atoms with Gasteiger partial charge in [0, 0.05) is 18.2 Å². The maximum atomic E-state index is 11.9. The predicted molar refractivity (Wildman–Crippen MR) is 91.3 cm³/mol. The van der Waals surface area contributed by atoms with Crippen LogP contribution < -0.4 is 25.0 Å². The number of benzene rings is 1. The summed E-state index contributed by atoms with van der Waals surface area (Å²) in [4.78, 5) is 24.4. The first-order valence-electron chi connectivity index (χ1n) is 8.05. The van der Waals surface area contributed by atoms with Crippen LogP contribution in [-0.2, 0) is 16.1 Å². The quantitative estimate of drug-likeness (QED) is 0.530. The third-order valence-electron chi connectivity index (χ3n) is 3.47. The van der Waals surface area contributed by atoms with Gasteiger partial charge in [-0.1, -0.05) is 6.92 Å². The zero-order valence-corrected chi connectivity index (χ0v) is 14.9. The molecule has 134 valence electrons. The number of quaternary nitrogens is 1. The van der Waals surface area contributed by atoms with Crippen molar-refractivity contribution < 1.29 is 24.0 Å². The van der Waals surface area contributed by atoms with Crippen molar-refractivity contribution >= 4 is 11.8 Å². The molecule has 0 fully saturated rings. The van der Waals surface area contributed by atoms with E-state index in [1.165, 1.54) is 0 Å². The number of carbonyl (C=O) groups excluding carboxylic acids is 2. The summed E-state index contributed by atoms with van der Waals surface area (Å²) in [5, 5.41) is 5.35. The number of amides is 2. The minimum Gasteiger partial charge on any atom is -0.497 e. The molecule has 0 saturated carbocycles. The van der Waals surface area contributed by atoms with E-state index >= 15 is 0 Å². The van der Waals surface area contributed by atoms with E-state index in [-0.39, 0.29) is 24.9 Å². The molecule has 0 heterocycles. The van der Waals surface area contributed by atoms with Crippen LogP contribution in [0, 0.1) is 0 Å². The van der Waals surface area contributed by atoms with E-state index in [9.17, 15) is 9.59 Å². The van der Waals surface area contributed by atoms with Crippen LogP contribution in [0.15, 0.2) is 18.2 Å². The van der Waals surface area contributed by atoms with Gasteiger partial charge in [0.1, 0.15) is 18.0 Å². The first-order chi connectivity index (χ1) is 11.5. The minimum atomic E-state index is -0.167. The lowest BCUT2D eigenvalue weighted by molar-refractivity contribution is -0.885. The minimum absolute atomic E-state index is 0.0119. The molecule has 2 amide bonds. The predicted octanol–water partition coefficient (Wildman–Crippen LogP) is -0.639.